The summed E-state index contributed by atoms with van der Waals surface area (Å²) < 4.78 is 23.8. The zero-order valence-corrected chi connectivity index (χ0v) is 17.6. The number of aromatic nitrogens is 1. The third-order valence-electron chi connectivity index (χ3n) is 5.58. The molecule has 0 amide bonds. The fourth-order valence-corrected chi connectivity index (χ4v) is 5.22. The number of H-pyrrole nitrogens is 1. The number of Topliss-reactive ketones (excluding diaryl/α,β-unsaturated/α-hetero) is 1. The molecule has 1 N–H and O–H groups in total. The molecule has 5 nitrogen and oxygen atoms in total. The lowest BCUT2D eigenvalue weighted by molar-refractivity contribution is -0.117. The summed E-state index contributed by atoms with van der Waals surface area (Å²) in [6, 6.07) is 8.53. The third kappa shape index (κ3) is 4.38. The minimum atomic E-state index is -3.44. The van der Waals surface area contributed by atoms with E-state index in [1.54, 1.807) is 12.1 Å². The van der Waals surface area contributed by atoms with Crippen LogP contribution in [-0.4, -0.2) is 25.4 Å². The Balaban J connectivity index is 1.80. The summed E-state index contributed by atoms with van der Waals surface area (Å²) in [5.41, 5.74) is 2.80. The molecule has 2 saturated carbocycles. The highest BCUT2D eigenvalue weighted by atomic mass is 35.5. The van der Waals surface area contributed by atoms with Gasteiger partial charge in [-0.2, -0.15) is 0 Å². The Morgan fingerprint density at radius 1 is 1.14 bits per heavy atom. The topological polar surface area (TPSA) is 84.1 Å². The molecule has 2 aliphatic rings. The fourth-order valence-electron chi connectivity index (χ4n) is 3.89. The third-order valence-corrected chi connectivity index (χ3v) is 7.16. The number of hydrogen-bond donors (Lipinski definition) is 1. The molecule has 0 radical (unpaired) electrons. The highest BCUT2D eigenvalue weighted by Gasteiger charge is 2.27. The molecule has 0 aliphatic heterocycles. The molecule has 1 atom stereocenters. The number of ketones is 1. The Morgan fingerprint density at radius 2 is 1.90 bits per heavy atom. The van der Waals surface area contributed by atoms with Crippen molar-refractivity contribution in [2.24, 2.45) is 5.92 Å². The second-order valence-electron chi connectivity index (χ2n) is 7.97. The molecule has 2 aromatic rings. The van der Waals surface area contributed by atoms with Crippen LogP contribution < -0.4 is 5.56 Å². The number of nitrogens with one attached hydrogen (secondary N) is 1. The van der Waals surface area contributed by atoms with Gasteiger partial charge in [-0.15, -0.1) is 0 Å². The van der Waals surface area contributed by atoms with Gasteiger partial charge in [0.15, 0.2) is 9.84 Å². The van der Waals surface area contributed by atoms with E-state index in [0.29, 0.717) is 30.0 Å². The van der Waals surface area contributed by atoms with Crippen molar-refractivity contribution in [2.75, 3.05) is 6.26 Å². The van der Waals surface area contributed by atoms with Crippen LogP contribution in [-0.2, 0) is 14.6 Å². The summed E-state index contributed by atoms with van der Waals surface area (Å²) in [5.74, 6) is 0.655. The van der Waals surface area contributed by atoms with E-state index in [0.717, 1.165) is 36.7 Å². The molecule has 0 spiro atoms. The summed E-state index contributed by atoms with van der Waals surface area (Å²) in [7, 11) is -3.44. The van der Waals surface area contributed by atoms with Crippen LogP contribution in [0, 0.1) is 5.92 Å². The lowest BCUT2D eigenvalue weighted by Crippen LogP contribution is -2.13. The van der Waals surface area contributed by atoms with E-state index in [9.17, 15) is 18.0 Å². The van der Waals surface area contributed by atoms with Crippen molar-refractivity contribution in [1.29, 1.82) is 0 Å². The fraction of sp³-hybridized carbons (Fsp3) is 0.364. The van der Waals surface area contributed by atoms with Gasteiger partial charge in [0.1, 0.15) is 5.78 Å². The summed E-state index contributed by atoms with van der Waals surface area (Å²) in [4.78, 5) is 27.3. The van der Waals surface area contributed by atoms with E-state index >= 15 is 0 Å². The van der Waals surface area contributed by atoms with Gasteiger partial charge in [0.25, 0.3) is 5.56 Å². The van der Waals surface area contributed by atoms with Crippen molar-refractivity contribution in [1.82, 2.24) is 4.98 Å². The standard InChI is InChI=1S/C22H22ClNO4S/c1-29(27,28)21-9-5-15(12-19(21)23)18(11-13-2-6-16(25)10-13)20-8-7-17(14-3-4-14)22(26)24-20/h5,7-9,11-14H,2-4,6,10H2,1H3,(H,24,26)/t13-/m0/s1. The van der Waals surface area contributed by atoms with E-state index in [-0.39, 0.29) is 27.2 Å². The van der Waals surface area contributed by atoms with Crippen LogP contribution >= 0.6 is 11.6 Å². The molecule has 2 aliphatic carbocycles. The predicted octanol–water partition coefficient (Wildman–Crippen LogP) is 4.11. The van der Waals surface area contributed by atoms with E-state index in [2.05, 4.69) is 4.98 Å². The van der Waals surface area contributed by atoms with Gasteiger partial charge in [-0.05, 0) is 54.9 Å². The first-order valence-electron chi connectivity index (χ1n) is 9.69. The maximum Gasteiger partial charge on any atom is 0.251 e. The van der Waals surface area contributed by atoms with Gasteiger partial charge in [-0.1, -0.05) is 29.8 Å². The average Bonchev–Trinajstić information content (AvgIpc) is 3.40. The van der Waals surface area contributed by atoms with Gasteiger partial charge in [-0.3, -0.25) is 9.59 Å². The number of aromatic amines is 1. The second-order valence-corrected chi connectivity index (χ2v) is 10.4. The molecule has 29 heavy (non-hydrogen) atoms. The Kier molecular flexibility index (Phi) is 5.25. The Morgan fingerprint density at radius 3 is 2.45 bits per heavy atom. The first kappa shape index (κ1) is 20.1. The minimum Gasteiger partial charge on any atom is -0.322 e. The number of carbonyl (C=O) groups is 1. The lowest BCUT2D eigenvalue weighted by Gasteiger charge is -2.13. The molecule has 152 valence electrons. The molecule has 1 aromatic heterocycles. The molecule has 7 heteroatoms. The summed E-state index contributed by atoms with van der Waals surface area (Å²) >= 11 is 6.26. The number of hydrogen-bond acceptors (Lipinski definition) is 4. The molecule has 4 rings (SSSR count). The highest BCUT2D eigenvalue weighted by molar-refractivity contribution is 7.90. The summed E-state index contributed by atoms with van der Waals surface area (Å²) in [6.07, 6.45) is 6.99. The van der Waals surface area contributed by atoms with Crippen LogP contribution in [0.2, 0.25) is 5.02 Å². The lowest BCUT2D eigenvalue weighted by atomic mass is 9.95. The minimum absolute atomic E-state index is 0.0656. The molecular weight excluding hydrogens is 410 g/mol. The Hall–Kier alpha value is -2.18. The van der Waals surface area contributed by atoms with E-state index in [1.807, 2.05) is 18.2 Å². The quantitative estimate of drug-likeness (QED) is 0.772. The first-order valence-corrected chi connectivity index (χ1v) is 12.0. The first-order chi connectivity index (χ1) is 13.7. The zero-order valence-electron chi connectivity index (χ0n) is 16.1. The van der Waals surface area contributed by atoms with Crippen molar-refractivity contribution >= 4 is 32.8 Å². The van der Waals surface area contributed by atoms with E-state index in [1.165, 1.54) is 6.07 Å². The molecule has 0 saturated heterocycles. The molecule has 1 aromatic carbocycles. The number of pyridine rings is 1. The van der Waals surface area contributed by atoms with Crippen LogP contribution in [0.1, 0.15) is 54.8 Å². The van der Waals surface area contributed by atoms with Gasteiger partial charge < -0.3 is 4.98 Å². The number of benzene rings is 1. The Labute approximate surface area is 174 Å². The summed E-state index contributed by atoms with van der Waals surface area (Å²) in [6.45, 7) is 0. The smallest absolute Gasteiger partial charge is 0.251 e. The van der Waals surface area contributed by atoms with E-state index < -0.39 is 9.84 Å². The number of sulfone groups is 1. The van der Waals surface area contributed by atoms with Gasteiger partial charge in [-0.25, -0.2) is 8.42 Å². The maximum atomic E-state index is 12.6. The van der Waals surface area contributed by atoms with Crippen LogP contribution in [0.15, 0.2) is 46.1 Å². The number of carbonyl (C=O) groups excluding carboxylic acids is 1. The largest absolute Gasteiger partial charge is 0.322 e. The Bertz CT molecular complexity index is 1180. The zero-order chi connectivity index (χ0) is 20.8. The number of allylic oxidation sites excluding steroid dienone is 1. The average molecular weight is 432 g/mol. The normalized spacial score (nSPS) is 20.3. The molecular formula is C22H22ClNO4S. The van der Waals surface area contributed by atoms with Crippen LogP contribution in [0.5, 0.6) is 0 Å². The van der Waals surface area contributed by atoms with Crippen molar-refractivity contribution in [3.63, 3.8) is 0 Å². The monoisotopic (exact) mass is 431 g/mol. The number of rotatable bonds is 5. The van der Waals surface area contributed by atoms with Crippen molar-refractivity contribution < 1.29 is 13.2 Å². The highest BCUT2D eigenvalue weighted by Crippen LogP contribution is 2.39. The van der Waals surface area contributed by atoms with Crippen LogP contribution in [0.3, 0.4) is 0 Å². The molecule has 2 fully saturated rings. The van der Waals surface area contributed by atoms with Crippen LogP contribution in [0.25, 0.3) is 5.57 Å². The molecule has 0 bridgehead atoms. The van der Waals surface area contributed by atoms with Crippen LogP contribution in [0.4, 0.5) is 0 Å². The predicted molar refractivity (Wildman–Crippen MR) is 113 cm³/mol. The van der Waals surface area contributed by atoms with Crippen molar-refractivity contribution in [2.45, 2.75) is 42.9 Å². The van der Waals surface area contributed by atoms with Crippen molar-refractivity contribution in [3.8, 4) is 0 Å². The van der Waals surface area contributed by atoms with E-state index in [4.69, 9.17) is 11.6 Å². The van der Waals surface area contributed by atoms with Gasteiger partial charge in [0, 0.05) is 35.9 Å². The molecule has 0 unspecified atom stereocenters. The van der Waals surface area contributed by atoms with Crippen molar-refractivity contribution in [3.05, 3.63) is 68.6 Å². The molecule has 1 heterocycles. The van der Waals surface area contributed by atoms with Gasteiger partial charge in [0.05, 0.1) is 9.92 Å². The maximum absolute atomic E-state index is 12.6. The number of halogens is 1. The van der Waals surface area contributed by atoms with Gasteiger partial charge >= 0.3 is 0 Å². The SMILES string of the molecule is CS(=O)(=O)c1ccc(C(=C[C@H]2CCC(=O)C2)c2ccc(C3CC3)c(=O)[nH]2)cc1Cl. The van der Waals surface area contributed by atoms with Gasteiger partial charge in [0.2, 0.25) is 0 Å². The second kappa shape index (κ2) is 7.58. The summed E-state index contributed by atoms with van der Waals surface area (Å²) in [5, 5.41) is 0.135.